The van der Waals surface area contributed by atoms with Gasteiger partial charge in [0.15, 0.2) is 0 Å². The normalized spacial score (nSPS) is 14.7. The molecule has 0 amide bonds. The van der Waals surface area contributed by atoms with Gasteiger partial charge in [-0.1, -0.05) is 47.5 Å². The van der Waals surface area contributed by atoms with Gasteiger partial charge in [-0.15, -0.1) is 9.24 Å². The van der Waals surface area contributed by atoms with Gasteiger partial charge in [-0.05, 0) is 85.6 Å². The molecule has 0 saturated carbocycles. The van der Waals surface area contributed by atoms with Crippen molar-refractivity contribution in [3.63, 3.8) is 0 Å². The summed E-state index contributed by atoms with van der Waals surface area (Å²) in [6.07, 6.45) is 3.08. The molecular formula is C30H28Cl2FN2OP. The second-order valence-corrected chi connectivity index (χ2v) is 11.9. The van der Waals surface area contributed by atoms with Gasteiger partial charge in [0.2, 0.25) is 0 Å². The highest BCUT2D eigenvalue weighted by Gasteiger charge is 2.24. The standard InChI is InChI=1S/C30H28Cl2FN2OP/c1-30(2,3)34-13-11-18(12-14-34)19-15-23(21-8-7-20(37)17-26(21)33)22-9-10-28(36)35(27(22)16-19)29-24(31)5-4-6-25(29)32/h4-11,15-17H,12-14,37H2,1-3H3. The molecule has 37 heavy (non-hydrogen) atoms. The molecule has 1 atom stereocenters. The highest BCUT2D eigenvalue weighted by atomic mass is 35.5. The van der Waals surface area contributed by atoms with Crippen molar-refractivity contribution in [1.82, 2.24) is 9.47 Å². The number of para-hydroxylation sites is 1. The molecule has 0 radical (unpaired) electrons. The Balaban J connectivity index is 1.82. The van der Waals surface area contributed by atoms with E-state index in [1.165, 1.54) is 17.7 Å². The van der Waals surface area contributed by atoms with Gasteiger partial charge in [0.05, 0.1) is 21.2 Å². The SMILES string of the molecule is CC(C)(C)N1CC=C(c2cc(-c3ccc(P)cc3F)c3ccc(=O)n(-c4c(Cl)cccc4Cl)c3c2)CC1. The van der Waals surface area contributed by atoms with Gasteiger partial charge in [0.25, 0.3) is 5.56 Å². The maximum absolute atomic E-state index is 15.3. The van der Waals surface area contributed by atoms with Crippen molar-refractivity contribution < 1.29 is 4.39 Å². The van der Waals surface area contributed by atoms with Crippen LogP contribution in [0.15, 0.2) is 71.5 Å². The fraction of sp³-hybridized carbons (Fsp3) is 0.233. The Hall–Kier alpha value is -2.49. The minimum atomic E-state index is -0.323. The van der Waals surface area contributed by atoms with Crippen LogP contribution in [0.4, 0.5) is 4.39 Å². The van der Waals surface area contributed by atoms with Crippen molar-refractivity contribution in [3.05, 3.63) is 98.5 Å². The molecule has 3 nitrogen and oxygen atoms in total. The van der Waals surface area contributed by atoms with Crippen LogP contribution in [-0.2, 0) is 0 Å². The molecule has 1 aliphatic rings. The Bertz CT molecular complexity index is 1600. The molecule has 0 fully saturated rings. The first kappa shape index (κ1) is 26.1. The number of benzene rings is 3. The van der Waals surface area contributed by atoms with Crippen LogP contribution < -0.4 is 10.9 Å². The van der Waals surface area contributed by atoms with Crippen molar-refractivity contribution >= 4 is 54.2 Å². The fourth-order valence-electron chi connectivity index (χ4n) is 4.98. The van der Waals surface area contributed by atoms with Gasteiger partial charge in [0.1, 0.15) is 5.82 Å². The molecule has 1 aromatic heterocycles. The van der Waals surface area contributed by atoms with Gasteiger partial charge in [0, 0.05) is 35.6 Å². The summed E-state index contributed by atoms with van der Waals surface area (Å²) < 4.78 is 16.8. The molecule has 0 saturated heterocycles. The number of aromatic nitrogens is 1. The lowest BCUT2D eigenvalue weighted by Gasteiger charge is -2.37. The second-order valence-electron chi connectivity index (χ2n) is 10.4. The molecule has 0 N–H and O–H groups in total. The number of hydrogen-bond acceptors (Lipinski definition) is 2. The summed E-state index contributed by atoms with van der Waals surface area (Å²) in [7, 11) is 2.53. The quantitative estimate of drug-likeness (QED) is 0.246. The first-order valence-electron chi connectivity index (χ1n) is 12.2. The van der Waals surface area contributed by atoms with Crippen LogP contribution in [0.5, 0.6) is 0 Å². The van der Waals surface area contributed by atoms with E-state index in [0.29, 0.717) is 32.4 Å². The van der Waals surface area contributed by atoms with Crippen molar-refractivity contribution in [3.8, 4) is 16.8 Å². The van der Waals surface area contributed by atoms with Crippen LogP contribution in [0.2, 0.25) is 10.0 Å². The van der Waals surface area contributed by atoms with Crippen molar-refractivity contribution in [2.45, 2.75) is 32.7 Å². The van der Waals surface area contributed by atoms with Gasteiger partial charge >= 0.3 is 0 Å². The summed E-state index contributed by atoms with van der Waals surface area (Å²) in [4.78, 5) is 15.7. The Morgan fingerprint density at radius 2 is 1.68 bits per heavy atom. The lowest BCUT2D eigenvalue weighted by molar-refractivity contribution is 0.153. The maximum Gasteiger partial charge on any atom is 0.255 e. The minimum absolute atomic E-state index is 0.0703. The van der Waals surface area contributed by atoms with Crippen LogP contribution in [0, 0.1) is 5.82 Å². The third-order valence-electron chi connectivity index (χ3n) is 6.99. The summed E-state index contributed by atoms with van der Waals surface area (Å²) in [5, 5.41) is 2.23. The smallest absolute Gasteiger partial charge is 0.255 e. The lowest BCUT2D eigenvalue weighted by Crippen LogP contribution is -2.43. The van der Waals surface area contributed by atoms with Crippen LogP contribution in [0.1, 0.15) is 32.8 Å². The van der Waals surface area contributed by atoms with Crippen LogP contribution in [0.3, 0.4) is 0 Å². The van der Waals surface area contributed by atoms with E-state index in [1.54, 1.807) is 34.9 Å². The first-order chi connectivity index (χ1) is 17.5. The van der Waals surface area contributed by atoms with Gasteiger partial charge < -0.3 is 0 Å². The maximum atomic E-state index is 15.3. The highest BCUT2D eigenvalue weighted by molar-refractivity contribution is 7.27. The molecule has 0 aliphatic carbocycles. The number of hydrogen-bond donors (Lipinski definition) is 0. The molecular weight excluding hydrogens is 525 g/mol. The van der Waals surface area contributed by atoms with E-state index < -0.39 is 0 Å². The summed E-state index contributed by atoms with van der Waals surface area (Å²) in [6, 6.07) is 17.6. The van der Waals surface area contributed by atoms with E-state index in [2.05, 4.69) is 41.0 Å². The van der Waals surface area contributed by atoms with Crippen molar-refractivity contribution in [2.75, 3.05) is 13.1 Å². The third kappa shape index (κ3) is 5.01. The number of fused-ring (bicyclic) bond motifs is 1. The van der Waals surface area contributed by atoms with Gasteiger partial charge in [-0.25, -0.2) is 4.39 Å². The molecule has 1 aliphatic heterocycles. The van der Waals surface area contributed by atoms with Crippen LogP contribution >= 0.6 is 32.4 Å². The average molecular weight is 553 g/mol. The molecule has 5 rings (SSSR count). The Kier molecular flexibility index (Phi) is 7.06. The van der Waals surface area contributed by atoms with Gasteiger partial charge in [-0.2, -0.15) is 0 Å². The molecule has 190 valence electrons. The molecule has 7 heteroatoms. The molecule has 0 bridgehead atoms. The van der Waals surface area contributed by atoms with Crippen LogP contribution in [0.25, 0.3) is 33.3 Å². The predicted molar refractivity (Wildman–Crippen MR) is 158 cm³/mol. The zero-order valence-electron chi connectivity index (χ0n) is 21.0. The van der Waals surface area contributed by atoms with E-state index in [4.69, 9.17) is 23.2 Å². The van der Waals surface area contributed by atoms with E-state index in [1.807, 2.05) is 18.2 Å². The monoisotopic (exact) mass is 552 g/mol. The highest BCUT2D eigenvalue weighted by Crippen LogP contribution is 2.37. The number of halogens is 3. The second kappa shape index (κ2) is 10.0. The van der Waals surface area contributed by atoms with E-state index in [9.17, 15) is 4.79 Å². The summed E-state index contributed by atoms with van der Waals surface area (Å²) in [5.41, 5.74) is 4.16. The summed E-state index contributed by atoms with van der Waals surface area (Å²) >= 11 is 13.1. The number of pyridine rings is 1. The average Bonchev–Trinajstić information content (AvgIpc) is 2.84. The minimum Gasteiger partial charge on any atom is -0.294 e. The van der Waals surface area contributed by atoms with E-state index >= 15 is 4.39 Å². The molecule has 3 aromatic carbocycles. The summed E-state index contributed by atoms with van der Waals surface area (Å²) in [6.45, 7) is 8.37. The van der Waals surface area contributed by atoms with Gasteiger partial charge in [-0.3, -0.25) is 14.3 Å². The Morgan fingerprint density at radius 3 is 2.30 bits per heavy atom. The van der Waals surface area contributed by atoms with Crippen molar-refractivity contribution in [1.29, 1.82) is 0 Å². The molecule has 0 spiro atoms. The predicted octanol–water partition coefficient (Wildman–Crippen LogP) is 7.49. The topological polar surface area (TPSA) is 25.2 Å². The van der Waals surface area contributed by atoms with E-state index in [-0.39, 0.29) is 16.9 Å². The van der Waals surface area contributed by atoms with E-state index in [0.717, 1.165) is 35.8 Å². The molecule has 4 aromatic rings. The number of rotatable bonds is 3. The molecule has 1 unspecified atom stereocenters. The first-order valence-corrected chi connectivity index (χ1v) is 13.5. The largest absolute Gasteiger partial charge is 0.294 e. The Morgan fingerprint density at radius 1 is 0.946 bits per heavy atom. The van der Waals surface area contributed by atoms with Crippen LogP contribution in [-0.4, -0.2) is 28.1 Å². The van der Waals surface area contributed by atoms with Crippen molar-refractivity contribution in [2.24, 2.45) is 0 Å². The number of nitrogens with zero attached hydrogens (tertiary/aromatic N) is 2. The third-order valence-corrected chi connectivity index (χ3v) is 7.95. The fourth-order valence-corrected chi connectivity index (χ4v) is 5.79. The lowest BCUT2D eigenvalue weighted by atomic mass is 9.91. The molecule has 2 heterocycles. The zero-order chi connectivity index (χ0) is 26.5. The Labute approximate surface area is 228 Å². The summed E-state index contributed by atoms with van der Waals surface area (Å²) in [5.74, 6) is -0.323. The zero-order valence-corrected chi connectivity index (χ0v) is 23.7.